The van der Waals surface area contributed by atoms with Crippen LogP contribution in [0.3, 0.4) is 0 Å². The Kier molecular flexibility index (Phi) is 2.34. The first kappa shape index (κ1) is 10.9. The van der Waals surface area contributed by atoms with Crippen LogP contribution in [0.15, 0.2) is 36.5 Å². The lowest BCUT2D eigenvalue weighted by molar-refractivity contribution is 0.968. The molecular formula is C12H10ClN5. The molecule has 6 heteroatoms. The molecule has 4 N–H and O–H groups in total. The Morgan fingerprint density at radius 3 is 2.78 bits per heavy atom. The Labute approximate surface area is 108 Å². The normalized spacial score (nSPS) is 10.9. The molecule has 0 saturated carbocycles. The van der Waals surface area contributed by atoms with Crippen molar-refractivity contribution in [3.63, 3.8) is 0 Å². The van der Waals surface area contributed by atoms with Crippen LogP contribution in [0.25, 0.3) is 17.0 Å². The molecule has 0 fully saturated rings. The monoisotopic (exact) mass is 259 g/mol. The Morgan fingerprint density at radius 1 is 1.17 bits per heavy atom. The first-order valence-electron chi connectivity index (χ1n) is 5.31. The van der Waals surface area contributed by atoms with Crippen molar-refractivity contribution in [3.8, 4) is 11.4 Å². The number of hydrogen-bond donors (Lipinski definition) is 2. The van der Waals surface area contributed by atoms with Gasteiger partial charge in [-0.05, 0) is 12.1 Å². The summed E-state index contributed by atoms with van der Waals surface area (Å²) in [5.41, 5.74) is 14.1. The first-order chi connectivity index (χ1) is 8.63. The molecule has 0 unspecified atom stereocenters. The zero-order valence-corrected chi connectivity index (χ0v) is 10.1. The van der Waals surface area contributed by atoms with Crippen LogP contribution in [0.2, 0.25) is 5.02 Å². The SMILES string of the molecule is Nc1cccc(-c2nc3cc(Cl)c(N)cn3n2)c1. The van der Waals surface area contributed by atoms with Crippen molar-refractivity contribution < 1.29 is 0 Å². The van der Waals surface area contributed by atoms with E-state index in [0.29, 0.717) is 27.9 Å². The van der Waals surface area contributed by atoms with E-state index in [4.69, 9.17) is 23.1 Å². The summed E-state index contributed by atoms with van der Waals surface area (Å²) in [6.07, 6.45) is 1.64. The average Bonchev–Trinajstić information content (AvgIpc) is 2.73. The minimum atomic E-state index is 0.466. The maximum absolute atomic E-state index is 5.94. The molecule has 0 radical (unpaired) electrons. The number of aromatic nitrogens is 3. The van der Waals surface area contributed by atoms with Crippen molar-refractivity contribution in [2.75, 3.05) is 11.5 Å². The van der Waals surface area contributed by atoms with Crippen LogP contribution in [0.4, 0.5) is 11.4 Å². The van der Waals surface area contributed by atoms with Gasteiger partial charge in [0.2, 0.25) is 0 Å². The molecule has 2 aromatic heterocycles. The summed E-state index contributed by atoms with van der Waals surface area (Å²) in [5.74, 6) is 0.587. The van der Waals surface area contributed by atoms with E-state index >= 15 is 0 Å². The van der Waals surface area contributed by atoms with Crippen LogP contribution < -0.4 is 11.5 Å². The lowest BCUT2D eigenvalue weighted by atomic mass is 10.2. The van der Waals surface area contributed by atoms with Gasteiger partial charge < -0.3 is 11.5 Å². The molecule has 90 valence electrons. The van der Waals surface area contributed by atoms with Gasteiger partial charge in [0.15, 0.2) is 11.5 Å². The summed E-state index contributed by atoms with van der Waals surface area (Å²) in [7, 11) is 0. The van der Waals surface area contributed by atoms with E-state index in [2.05, 4.69) is 10.1 Å². The third-order valence-electron chi connectivity index (χ3n) is 2.60. The van der Waals surface area contributed by atoms with E-state index in [-0.39, 0.29) is 0 Å². The van der Waals surface area contributed by atoms with Gasteiger partial charge in [0.05, 0.1) is 16.9 Å². The number of pyridine rings is 1. The van der Waals surface area contributed by atoms with Crippen molar-refractivity contribution in [1.82, 2.24) is 14.6 Å². The van der Waals surface area contributed by atoms with Crippen LogP contribution in [0.1, 0.15) is 0 Å². The molecule has 0 atom stereocenters. The van der Waals surface area contributed by atoms with Gasteiger partial charge in [-0.2, -0.15) is 0 Å². The minimum Gasteiger partial charge on any atom is -0.399 e. The molecule has 0 aliphatic carbocycles. The predicted octanol–water partition coefficient (Wildman–Crippen LogP) is 2.21. The molecule has 2 heterocycles. The number of fused-ring (bicyclic) bond motifs is 1. The number of nitrogen functional groups attached to an aromatic ring is 2. The smallest absolute Gasteiger partial charge is 0.182 e. The molecule has 0 aliphatic rings. The summed E-state index contributed by atoms with van der Waals surface area (Å²) in [4.78, 5) is 4.38. The van der Waals surface area contributed by atoms with Gasteiger partial charge in [-0.15, -0.1) is 5.10 Å². The fraction of sp³-hybridized carbons (Fsp3) is 0. The number of halogens is 1. The van der Waals surface area contributed by atoms with Gasteiger partial charge in [-0.1, -0.05) is 23.7 Å². The first-order valence-corrected chi connectivity index (χ1v) is 5.68. The Balaban J connectivity index is 2.19. The van der Waals surface area contributed by atoms with Crippen molar-refractivity contribution in [2.45, 2.75) is 0 Å². The second-order valence-corrected chi connectivity index (χ2v) is 4.35. The second-order valence-electron chi connectivity index (χ2n) is 3.94. The number of anilines is 2. The molecule has 0 amide bonds. The Bertz CT molecular complexity index is 695. The van der Waals surface area contributed by atoms with Crippen LogP contribution in [0.5, 0.6) is 0 Å². The van der Waals surface area contributed by atoms with Crippen LogP contribution in [-0.2, 0) is 0 Å². The maximum atomic E-state index is 5.94. The molecular weight excluding hydrogens is 250 g/mol. The van der Waals surface area contributed by atoms with Gasteiger partial charge >= 0.3 is 0 Å². The standard InChI is InChI=1S/C12H10ClN5/c13-9-5-11-16-12(17-18(11)6-10(9)15)7-2-1-3-8(14)4-7/h1-6H,14-15H2. The molecule has 0 aliphatic heterocycles. The number of nitrogens with two attached hydrogens (primary N) is 2. The van der Waals surface area contributed by atoms with Gasteiger partial charge in [0.1, 0.15) is 0 Å². The van der Waals surface area contributed by atoms with Gasteiger partial charge in [0, 0.05) is 17.3 Å². The van der Waals surface area contributed by atoms with E-state index in [1.54, 1.807) is 16.8 Å². The Morgan fingerprint density at radius 2 is 2.00 bits per heavy atom. The van der Waals surface area contributed by atoms with Gasteiger partial charge in [-0.3, -0.25) is 0 Å². The number of benzene rings is 1. The molecule has 18 heavy (non-hydrogen) atoms. The molecule has 1 aromatic carbocycles. The Hall–Kier alpha value is -2.27. The second kappa shape index (κ2) is 3.89. The molecule has 3 aromatic rings. The fourth-order valence-electron chi connectivity index (χ4n) is 1.72. The van der Waals surface area contributed by atoms with Crippen LogP contribution in [0, 0.1) is 0 Å². The van der Waals surface area contributed by atoms with Crippen LogP contribution >= 0.6 is 11.6 Å². The maximum Gasteiger partial charge on any atom is 0.182 e. The molecule has 0 spiro atoms. The highest BCUT2D eigenvalue weighted by Crippen LogP contribution is 2.23. The fourth-order valence-corrected chi connectivity index (χ4v) is 1.87. The third kappa shape index (κ3) is 1.74. The average molecular weight is 260 g/mol. The van der Waals surface area contributed by atoms with E-state index < -0.39 is 0 Å². The van der Waals surface area contributed by atoms with Crippen molar-refractivity contribution in [3.05, 3.63) is 41.6 Å². The minimum absolute atomic E-state index is 0.466. The van der Waals surface area contributed by atoms with E-state index in [9.17, 15) is 0 Å². The van der Waals surface area contributed by atoms with E-state index in [1.807, 2.05) is 24.3 Å². The van der Waals surface area contributed by atoms with Crippen LogP contribution in [-0.4, -0.2) is 14.6 Å². The highest BCUT2D eigenvalue weighted by atomic mass is 35.5. The largest absolute Gasteiger partial charge is 0.399 e. The lowest BCUT2D eigenvalue weighted by Gasteiger charge is -1.96. The van der Waals surface area contributed by atoms with Crippen molar-refractivity contribution >= 4 is 28.6 Å². The van der Waals surface area contributed by atoms with E-state index in [1.165, 1.54) is 0 Å². The van der Waals surface area contributed by atoms with Gasteiger partial charge in [0.25, 0.3) is 0 Å². The summed E-state index contributed by atoms with van der Waals surface area (Å²) in [5, 5.41) is 4.80. The van der Waals surface area contributed by atoms with E-state index in [0.717, 1.165) is 5.56 Å². The van der Waals surface area contributed by atoms with Gasteiger partial charge in [-0.25, -0.2) is 9.50 Å². The number of hydrogen-bond acceptors (Lipinski definition) is 4. The summed E-state index contributed by atoms with van der Waals surface area (Å²) in [6, 6.07) is 9.07. The highest BCUT2D eigenvalue weighted by molar-refractivity contribution is 6.33. The lowest BCUT2D eigenvalue weighted by Crippen LogP contribution is -1.93. The predicted molar refractivity (Wildman–Crippen MR) is 72.3 cm³/mol. The molecule has 5 nitrogen and oxygen atoms in total. The summed E-state index contributed by atoms with van der Waals surface area (Å²) in [6.45, 7) is 0. The quantitative estimate of drug-likeness (QED) is 0.657. The zero-order valence-electron chi connectivity index (χ0n) is 9.34. The number of nitrogens with zero attached hydrogens (tertiary/aromatic N) is 3. The summed E-state index contributed by atoms with van der Waals surface area (Å²) < 4.78 is 1.60. The highest BCUT2D eigenvalue weighted by Gasteiger charge is 2.08. The summed E-state index contributed by atoms with van der Waals surface area (Å²) >= 11 is 5.94. The molecule has 0 saturated heterocycles. The van der Waals surface area contributed by atoms with Crippen molar-refractivity contribution in [1.29, 1.82) is 0 Å². The molecule has 0 bridgehead atoms. The molecule has 3 rings (SSSR count). The van der Waals surface area contributed by atoms with Crippen molar-refractivity contribution in [2.24, 2.45) is 0 Å². The third-order valence-corrected chi connectivity index (χ3v) is 2.92. The topological polar surface area (TPSA) is 82.2 Å². The number of rotatable bonds is 1. The zero-order chi connectivity index (χ0) is 12.7.